The van der Waals surface area contributed by atoms with Crippen molar-refractivity contribution in [3.8, 4) is 0 Å². The standard InChI is InChI=1S/C26H51O5PS/c1-5-8-10-12-13-14-15-16-18-21-33-24(19-17-11-9-6-2)23(4)30-22-26(32-29,25(27)28)31-20-7-3/h23-24H,5-22H2,1-4H3,(H,27,28). The fourth-order valence-corrected chi connectivity index (χ4v) is 5.46. The molecule has 0 amide bonds. The van der Waals surface area contributed by atoms with Gasteiger partial charge in [-0.15, -0.1) is 0 Å². The second-order valence-electron chi connectivity index (χ2n) is 9.13. The van der Waals surface area contributed by atoms with Crippen LogP contribution in [0, 0.1) is 0 Å². The molecule has 0 aromatic carbocycles. The van der Waals surface area contributed by atoms with Crippen LogP contribution in [-0.4, -0.2) is 46.7 Å². The number of hydrogen-bond acceptors (Lipinski definition) is 5. The summed E-state index contributed by atoms with van der Waals surface area (Å²) in [6.45, 7) is 8.43. The molecule has 5 nitrogen and oxygen atoms in total. The lowest BCUT2D eigenvalue weighted by Crippen LogP contribution is -2.43. The van der Waals surface area contributed by atoms with E-state index in [0.717, 1.165) is 18.6 Å². The van der Waals surface area contributed by atoms with Crippen molar-refractivity contribution in [1.82, 2.24) is 0 Å². The molecule has 196 valence electrons. The van der Waals surface area contributed by atoms with E-state index in [2.05, 4.69) is 13.8 Å². The summed E-state index contributed by atoms with van der Waals surface area (Å²) >= 11 is 1.95. The highest BCUT2D eigenvalue weighted by molar-refractivity contribution is 7.99. The van der Waals surface area contributed by atoms with E-state index < -0.39 is 19.8 Å². The minimum atomic E-state index is -1.81. The van der Waals surface area contributed by atoms with Gasteiger partial charge in [0.05, 0.1) is 12.7 Å². The second kappa shape index (κ2) is 22.3. The van der Waals surface area contributed by atoms with Crippen molar-refractivity contribution in [1.29, 1.82) is 0 Å². The number of hydrogen-bond donors (Lipinski definition) is 1. The van der Waals surface area contributed by atoms with Gasteiger partial charge in [0.25, 0.3) is 5.34 Å². The van der Waals surface area contributed by atoms with Gasteiger partial charge in [-0.2, -0.15) is 11.8 Å². The molecule has 0 aromatic heterocycles. The molecule has 0 spiro atoms. The zero-order valence-corrected chi connectivity index (χ0v) is 23.5. The lowest BCUT2D eigenvalue weighted by Gasteiger charge is -2.28. The van der Waals surface area contributed by atoms with Gasteiger partial charge in [-0.25, -0.2) is 4.79 Å². The molecule has 0 heterocycles. The Kier molecular flexibility index (Phi) is 22.2. The topological polar surface area (TPSA) is 72.8 Å². The summed E-state index contributed by atoms with van der Waals surface area (Å²) < 4.78 is 23.1. The first-order valence-corrected chi connectivity index (χ1v) is 15.3. The molecule has 0 radical (unpaired) electrons. The minimum absolute atomic E-state index is 0.110. The highest BCUT2D eigenvalue weighted by Crippen LogP contribution is 2.30. The third kappa shape index (κ3) is 16.2. The molecule has 0 rings (SSSR count). The highest BCUT2D eigenvalue weighted by atomic mass is 32.2. The van der Waals surface area contributed by atoms with E-state index in [1.54, 1.807) is 0 Å². The summed E-state index contributed by atoms with van der Waals surface area (Å²) in [6.07, 6.45) is 18.4. The van der Waals surface area contributed by atoms with Crippen LogP contribution >= 0.6 is 20.2 Å². The van der Waals surface area contributed by atoms with Gasteiger partial charge in [-0.05, 0) is 31.9 Å². The third-order valence-electron chi connectivity index (χ3n) is 6.01. The molecule has 33 heavy (non-hydrogen) atoms. The molecule has 0 bridgehead atoms. The zero-order valence-electron chi connectivity index (χ0n) is 21.8. The molecule has 0 aliphatic carbocycles. The van der Waals surface area contributed by atoms with Crippen molar-refractivity contribution in [2.75, 3.05) is 19.0 Å². The number of carbonyl (C=O) groups is 1. The number of thioether (sulfide) groups is 1. The average molecular weight is 507 g/mol. The Morgan fingerprint density at radius 3 is 1.94 bits per heavy atom. The monoisotopic (exact) mass is 506 g/mol. The largest absolute Gasteiger partial charge is 0.478 e. The van der Waals surface area contributed by atoms with Gasteiger partial charge in [0.2, 0.25) is 8.46 Å². The Balaban J connectivity index is 4.53. The van der Waals surface area contributed by atoms with Crippen molar-refractivity contribution in [3.05, 3.63) is 0 Å². The molecule has 3 unspecified atom stereocenters. The molecule has 0 aliphatic heterocycles. The first kappa shape index (κ1) is 32.8. The van der Waals surface area contributed by atoms with E-state index in [0.29, 0.717) is 11.7 Å². The van der Waals surface area contributed by atoms with Gasteiger partial charge in [0.1, 0.15) is 0 Å². The Morgan fingerprint density at radius 1 is 0.879 bits per heavy atom. The third-order valence-corrected chi connectivity index (χ3v) is 8.33. The minimum Gasteiger partial charge on any atom is -0.478 e. The number of ether oxygens (including phenoxy) is 2. The SMILES string of the molecule is CCCCCCCCCCCSC(CCCCCC)C(C)OCC(OCCC)(P=O)C(=O)O. The number of carboxylic acid groups (broad SMARTS) is 1. The Labute approximate surface area is 209 Å². The molecular weight excluding hydrogens is 455 g/mol. The van der Waals surface area contributed by atoms with E-state index in [4.69, 9.17) is 9.47 Å². The summed E-state index contributed by atoms with van der Waals surface area (Å²) in [5, 5.41) is 8.10. The van der Waals surface area contributed by atoms with Crippen molar-refractivity contribution >= 4 is 26.2 Å². The first-order valence-electron chi connectivity index (χ1n) is 13.4. The van der Waals surface area contributed by atoms with E-state index in [-0.39, 0.29) is 19.3 Å². The number of carboxylic acids is 1. The van der Waals surface area contributed by atoms with Crippen molar-refractivity contribution in [3.63, 3.8) is 0 Å². The average Bonchev–Trinajstić information content (AvgIpc) is 2.81. The summed E-state index contributed by atoms with van der Waals surface area (Å²) in [7, 11) is -0.563. The van der Waals surface area contributed by atoms with E-state index in [1.807, 2.05) is 25.6 Å². The van der Waals surface area contributed by atoms with Crippen LogP contribution in [0.4, 0.5) is 0 Å². The lowest BCUT2D eigenvalue weighted by molar-refractivity contribution is -0.162. The number of aliphatic carboxylic acids is 1. The molecule has 0 fully saturated rings. The van der Waals surface area contributed by atoms with E-state index in [1.165, 1.54) is 77.0 Å². The van der Waals surface area contributed by atoms with Crippen LogP contribution in [0.5, 0.6) is 0 Å². The number of unbranched alkanes of at least 4 members (excludes halogenated alkanes) is 11. The molecule has 7 heteroatoms. The van der Waals surface area contributed by atoms with Crippen LogP contribution in [0.1, 0.15) is 124 Å². The normalized spacial score (nSPS) is 15.4. The van der Waals surface area contributed by atoms with Crippen LogP contribution in [0.2, 0.25) is 0 Å². The quantitative estimate of drug-likeness (QED) is 0.0988. The van der Waals surface area contributed by atoms with Gasteiger partial charge >= 0.3 is 5.97 Å². The molecule has 0 aliphatic rings. The molecule has 1 N–H and O–H groups in total. The first-order chi connectivity index (χ1) is 16.0. The maximum atomic E-state index is 11.7. The molecule has 0 saturated heterocycles. The van der Waals surface area contributed by atoms with Crippen LogP contribution in [0.15, 0.2) is 0 Å². The summed E-state index contributed by atoms with van der Waals surface area (Å²) in [6, 6.07) is 0. The maximum absolute atomic E-state index is 11.7. The van der Waals surface area contributed by atoms with Gasteiger partial charge in [0, 0.05) is 11.9 Å². The zero-order chi connectivity index (χ0) is 24.8. The van der Waals surface area contributed by atoms with Gasteiger partial charge in [-0.1, -0.05) is 97.8 Å². The van der Waals surface area contributed by atoms with Crippen LogP contribution in [0.3, 0.4) is 0 Å². The highest BCUT2D eigenvalue weighted by Gasteiger charge is 2.42. The predicted octanol–water partition coefficient (Wildman–Crippen LogP) is 8.49. The predicted molar refractivity (Wildman–Crippen MR) is 142 cm³/mol. The van der Waals surface area contributed by atoms with Crippen LogP contribution < -0.4 is 0 Å². The Hall–Kier alpha value is -0.160. The Morgan fingerprint density at radius 2 is 1.42 bits per heavy atom. The molecular formula is C26H51O5PS. The molecule has 3 atom stereocenters. The number of rotatable bonds is 25. The van der Waals surface area contributed by atoms with E-state index in [9.17, 15) is 14.5 Å². The Bertz CT molecular complexity index is 480. The summed E-state index contributed by atoms with van der Waals surface area (Å²) in [5.41, 5.74) is 0. The molecule has 0 aromatic rings. The van der Waals surface area contributed by atoms with Gasteiger partial charge in [0.15, 0.2) is 0 Å². The fourth-order valence-electron chi connectivity index (χ4n) is 3.75. The molecule has 0 saturated carbocycles. The van der Waals surface area contributed by atoms with E-state index >= 15 is 0 Å². The smallest absolute Gasteiger partial charge is 0.350 e. The lowest BCUT2D eigenvalue weighted by atomic mass is 10.1. The summed E-state index contributed by atoms with van der Waals surface area (Å²) in [4.78, 5) is 11.7. The second-order valence-corrected chi connectivity index (χ2v) is 11.4. The summed E-state index contributed by atoms with van der Waals surface area (Å²) in [5.74, 6) is -0.125. The van der Waals surface area contributed by atoms with Crippen molar-refractivity contribution in [2.45, 2.75) is 141 Å². The van der Waals surface area contributed by atoms with Gasteiger partial charge < -0.3 is 14.6 Å². The van der Waals surface area contributed by atoms with Crippen molar-refractivity contribution < 1.29 is 23.9 Å². The van der Waals surface area contributed by atoms with Gasteiger partial charge in [-0.3, -0.25) is 4.57 Å². The fraction of sp³-hybridized carbons (Fsp3) is 0.962. The maximum Gasteiger partial charge on any atom is 0.350 e. The van der Waals surface area contributed by atoms with Crippen LogP contribution in [-0.2, 0) is 18.8 Å². The van der Waals surface area contributed by atoms with Crippen LogP contribution in [0.25, 0.3) is 0 Å². The van der Waals surface area contributed by atoms with Crippen molar-refractivity contribution in [2.24, 2.45) is 0 Å².